The lowest BCUT2D eigenvalue weighted by atomic mass is 10.2. The summed E-state index contributed by atoms with van der Waals surface area (Å²) in [4.78, 5) is 12.2. The molecule has 0 bridgehead atoms. The third-order valence-electron chi connectivity index (χ3n) is 3.76. The van der Waals surface area contributed by atoms with Crippen LogP contribution in [0.4, 0.5) is 5.69 Å². The van der Waals surface area contributed by atoms with Gasteiger partial charge in [-0.05, 0) is 38.3 Å². The van der Waals surface area contributed by atoms with E-state index in [0.29, 0.717) is 5.56 Å². The molecule has 5 nitrogen and oxygen atoms in total. The minimum absolute atomic E-state index is 0.00925. The second kappa shape index (κ2) is 6.93. The maximum Gasteiger partial charge on any atom is 0.238 e. The summed E-state index contributed by atoms with van der Waals surface area (Å²) in [5.74, 6) is -0.482. The fraction of sp³-hybridized carbons (Fsp3) is 0.533. The van der Waals surface area contributed by atoms with Gasteiger partial charge in [0.05, 0.1) is 10.6 Å². The standard InChI is InChI=1S/C15H24N2O3S/c1-5-12(6-2)17-15(18)11(4)21(19,20)13-9-7-8-10(3)14(13)16/h7-9,11-12H,5-6,16H2,1-4H3,(H,17,18). The van der Waals surface area contributed by atoms with Crippen LogP contribution in [0.3, 0.4) is 0 Å². The Bertz CT molecular complexity index is 607. The van der Waals surface area contributed by atoms with E-state index in [1.165, 1.54) is 13.0 Å². The van der Waals surface area contributed by atoms with Crippen LogP contribution in [0, 0.1) is 6.92 Å². The molecule has 0 saturated heterocycles. The molecule has 0 aliphatic rings. The van der Waals surface area contributed by atoms with Crippen molar-refractivity contribution in [3.05, 3.63) is 23.8 Å². The predicted octanol–water partition coefficient (Wildman–Crippen LogP) is 2.04. The molecule has 1 unspecified atom stereocenters. The first-order valence-corrected chi connectivity index (χ1v) is 8.69. The Balaban J connectivity index is 3.07. The molecule has 21 heavy (non-hydrogen) atoms. The van der Waals surface area contributed by atoms with Crippen molar-refractivity contribution in [1.29, 1.82) is 0 Å². The highest BCUT2D eigenvalue weighted by atomic mass is 32.2. The maximum atomic E-state index is 12.6. The Kier molecular flexibility index (Phi) is 5.78. The van der Waals surface area contributed by atoms with E-state index >= 15 is 0 Å². The Labute approximate surface area is 126 Å². The number of rotatable bonds is 6. The number of carbonyl (C=O) groups is 1. The van der Waals surface area contributed by atoms with Crippen LogP contribution in [0.15, 0.2) is 23.1 Å². The highest BCUT2D eigenvalue weighted by molar-refractivity contribution is 7.93. The molecule has 1 aromatic carbocycles. The summed E-state index contributed by atoms with van der Waals surface area (Å²) in [7, 11) is -3.79. The highest BCUT2D eigenvalue weighted by Crippen LogP contribution is 2.25. The van der Waals surface area contributed by atoms with Gasteiger partial charge in [-0.2, -0.15) is 0 Å². The fourth-order valence-electron chi connectivity index (χ4n) is 2.04. The number of hydrogen-bond acceptors (Lipinski definition) is 4. The van der Waals surface area contributed by atoms with Crippen LogP contribution < -0.4 is 11.1 Å². The molecule has 0 aliphatic carbocycles. The zero-order chi connectivity index (χ0) is 16.2. The van der Waals surface area contributed by atoms with Crippen LogP contribution in [0.1, 0.15) is 39.2 Å². The number of anilines is 1. The molecule has 1 atom stereocenters. The zero-order valence-corrected chi connectivity index (χ0v) is 13.8. The molecule has 0 saturated carbocycles. The van der Waals surface area contributed by atoms with Crippen molar-refractivity contribution in [1.82, 2.24) is 5.32 Å². The number of nitrogens with one attached hydrogen (secondary N) is 1. The van der Waals surface area contributed by atoms with Gasteiger partial charge in [0, 0.05) is 6.04 Å². The van der Waals surface area contributed by atoms with E-state index in [0.717, 1.165) is 12.8 Å². The number of carbonyl (C=O) groups excluding carboxylic acids is 1. The average Bonchev–Trinajstić information content (AvgIpc) is 2.46. The predicted molar refractivity (Wildman–Crippen MR) is 84.8 cm³/mol. The quantitative estimate of drug-likeness (QED) is 0.787. The number of para-hydroxylation sites is 1. The molecule has 0 radical (unpaired) electrons. The van der Waals surface area contributed by atoms with Gasteiger partial charge in [-0.1, -0.05) is 26.0 Å². The van der Waals surface area contributed by atoms with E-state index in [-0.39, 0.29) is 16.6 Å². The molecule has 0 aliphatic heterocycles. The lowest BCUT2D eigenvalue weighted by molar-refractivity contribution is -0.121. The first-order valence-electron chi connectivity index (χ1n) is 7.15. The molecule has 6 heteroatoms. The number of aryl methyl sites for hydroxylation is 1. The third kappa shape index (κ3) is 3.75. The maximum absolute atomic E-state index is 12.6. The molecular formula is C15H24N2O3S. The summed E-state index contributed by atoms with van der Waals surface area (Å²) in [5, 5.41) is 1.60. The van der Waals surface area contributed by atoms with E-state index in [2.05, 4.69) is 5.32 Å². The monoisotopic (exact) mass is 312 g/mol. The number of benzene rings is 1. The second-order valence-corrected chi connectivity index (χ2v) is 7.43. The van der Waals surface area contributed by atoms with Crippen molar-refractivity contribution in [3.8, 4) is 0 Å². The van der Waals surface area contributed by atoms with Crippen LogP contribution in [0.5, 0.6) is 0 Å². The van der Waals surface area contributed by atoms with Crippen molar-refractivity contribution in [3.63, 3.8) is 0 Å². The minimum atomic E-state index is -3.79. The van der Waals surface area contributed by atoms with Gasteiger partial charge in [-0.15, -0.1) is 0 Å². The Morgan fingerprint density at radius 3 is 2.38 bits per heavy atom. The smallest absolute Gasteiger partial charge is 0.238 e. The van der Waals surface area contributed by atoms with Gasteiger partial charge in [0.25, 0.3) is 0 Å². The van der Waals surface area contributed by atoms with Crippen molar-refractivity contribution < 1.29 is 13.2 Å². The average molecular weight is 312 g/mol. The summed E-state index contributed by atoms with van der Waals surface area (Å²) < 4.78 is 25.1. The molecule has 118 valence electrons. The van der Waals surface area contributed by atoms with E-state index < -0.39 is 21.0 Å². The van der Waals surface area contributed by atoms with E-state index in [1.807, 2.05) is 13.8 Å². The normalized spacial score (nSPS) is 13.2. The van der Waals surface area contributed by atoms with Crippen LogP contribution in [0.2, 0.25) is 0 Å². The SMILES string of the molecule is CCC(CC)NC(=O)C(C)S(=O)(=O)c1cccc(C)c1N. The lowest BCUT2D eigenvalue weighted by Gasteiger charge is -2.19. The van der Waals surface area contributed by atoms with Crippen LogP contribution >= 0.6 is 0 Å². The minimum Gasteiger partial charge on any atom is -0.397 e. The topological polar surface area (TPSA) is 89.3 Å². The molecule has 0 aromatic heterocycles. The summed E-state index contributed by atoms with van der Waals surface area (Å²) in [5.41, 5.74) is 6.74. The molecule has 0 spiro atoms. The summed E-state index contributed by atoms with van der Waals surface area (Å²) in [6.45, 7) is 7.04. The molecule has 1 aromatic rings. The molecule has 0 fully saturated rings. The van der Waals surface area contributed by atoms with Gasteiger partial charge >= 0.3 is 0 Å². The van der Waals surface area contributed by atoms with Crippen molar-refractivity contribution >= 4 is 21.4 Å². The number of nitrogens with two attached hydrogens (primary N) is 1. The first kappa shape index (κ1) is 17.5. The van der Waals surface area contributed by atoms with E-state index in [1.54, 1.807) is 19.1 Å². The molecule has 1 rings (SSSR count). The number of amides is 1. The second-order valence-electron chi connectivity index (χ2n) is 5.20. The Morgan fingerprint density at radius 1 is 1.29 bits per heavy atom. The fourth-order valence-corrected chi connectivity index (χ4v) is 3.51. The summed E-state index contributed by atoms with van der Waals surface area (Å²) in [6.07, 6.45) is 1.53. The van der Waals surface area contributed by atoms with Crippen molar-refractivity contribution in [2.24, 2.45) is 0 Å². The number of sulfone groups is 1. The first-order chi connectivity index (χ1) is 9.75. The number of nitrogen functional groups attached to an aromatic ring is 1. The number of hydrogen-bond donors (Lipinski definition) is 2. The Hall–Kier alpha value is -1.56. The van der Waals surface area contributed by atoms with E-state index in [9.17, 15) is 13.2 Å². The van der Waals surface area contributed by atoms with Gasteiger partial charge in [0.1, 0.15) is 5.25 Å². The lowest BCUT2D eigenvalue weighted by Crippen LogP contribution is -2.43. The third-order valence-corrected chi connectivity index (χ3v) is 5.87. The van der Waals surface area contributed by atoms with Gasteiger partial charge in [-0.25, -0.2) is 8.42 Å². The van der Waals surface area contributed by atoms with Crippen molar-refractivity contribution in [2.75, 3.05) is 5.73 Å². The largest absolute Gasteiger partial charge is 0.397 e. The van der Waals surface area contributed by atoms with Crippen LogP contribution in [-0.4, -0.2) is 25.6 Å². The Morgan fingerprint density at radius 2 is 1.86 bits per heavy atom. The molecule has 1 amide bonds. The van der Waals surface area contributed by atoms with Gasteiger partial charge in [-0.3, -0.25) is 4.79 Å². The van der Waals surface area contributed by atoms with E-state index in [4.69, 9.17) is 5.73 Å². The molecule has 0 heterocycles. The highest BCUT2D eigenvalue weighted by Gasteiger charge is 2.32. The van der Waals surface area contributed by atoms with Gasteiger partial charge < -0.3 is 11.1 Å². The molecule has 3 N–H and O–H groups in total. The van der Waals surface area contributed by atoms with Crippen molar-refractivity contribution in [2.45, 2.75) is 56.7 Å². The van der Waals surface area contributed by atoms with Gasteiger partial charge in [0.2, 0.25) is 5.91 Å². The summed E-state index contributed by atoms with van der Waals surface area (Å²) in [6, 6.07) is 4.80. The molecular weight excluding hydrogens is 288 g/mol. The summed E-state index contributed by atoms with van der Waals surface area (Å²) >= 11 is 0. The van der Waals surface area contributed by atoms with Crippen LogP contribution in [0.25, 0.3) is 0 Å². The zero-order valence-electron chi connectivity index (χ0n) is 13.0. The van der Waals surface area contributed by atoms with Crippen LogP contribution in [-0.2, 0) is 14.6 Å². The van der Waals surface area contributed by atoms with Gasteiger partial charge in [0.15, 0.2) is 9.84 Å².